The molecule has 0 atom stereocenters. The van der Waals surface area contributed by atoms with Crippen molar-refractivity contribution >= 4 is 15.9 Å². The number of nitrogens with two attached hydrogens (primary N) is 1. The minimum absolute atomic E-state index is 0.141. The van der Waals surface area contributed by atoms with Crippen LogP contribution >= 0.6 is 0 Å². The Morgan fingerprint density at radius 2 is 2.06 bits per heavy atom. The van der Waals surface area contributed by atoms with Crippen molar-refractivity contribution in [1.82, 2.24) is 15.1 Å². The van der Waals surface area contributed by atoms with Gasteiger partial charge in [-0.25, -0.2) is 13.6 Å². The highest BCUT2D eigenvalue weighted by Gasteiger charge is 2.16. The third-order valence-electron chi connectivity index (χ3n) is 2.63. The molecular weight excluding hydrogens is 256 g/mol. The standard InChI is InChI=1S/C10H18N4O3S/c1-7-9(8(2)14(3)13-7)10(15)12-5-4-6-18(11,16)17/h4-6H2,1-3H3,(H,12,15)(H2,11,16,17). The number of hydrogen-bond donors (Lipinski definition) is 2. The molecule has 0 radical (unpaired) electrons. The lowest BCUT2D eigenvalue weighted by atomic mass is 10.2. The molecule has 8 heteroatoms. The Kier molecular flexibility index (Phi) is 4.47. The first-order valence-corrected chi connectivity index (χ1v) is 7.23. The van der Waals surface area contributed by atoms with Crippen LogP contribution in [0.15, 0.2) is 0 Å². The SMILES string of the molecule is Cc1nn(C)c(C)c1C(=O)NCCCS(N)(=O)=O. The molecule has 0 aromatic carbocycles. The number of aromatic nitrogens is 2. The van der Waals surface area contributed by atoms with Gasteiger partial charge in [-0.3, -0.25) is 9.48 Å². The number of nitrogens with one attached hydrogen (secondary N) is 1. The maximum atomic E-state index is 11.9. The Hall–Kier alpha value is -1.41. The van der Waals surface area contributed by atoms with Crippen LogP contribution in [-0.4, -0.2) is 36.4 Å². The maximum Gasteiger partial charge on any atom is 0.255 e. The van der Waals surface area contributed by atoms with Crippen molar-refractivity contribution in [1.29, 1.82) is 0 Å². The Balaban J connectivity index is 2.56. The molecule has 7 nitrogen and oxygen atoms in total. The molecule has 102 valence electrons. The second kappa shape index (κ2) is 5.49. The quantitative estimate of drug-likeness (QED) is 0.702. The van der Waals surface area contributed by atoms with E-state index in [9.17, 15) is 13.2 Å². The number of nitrogens with zero attached hydrogens (tertiary/aromatic N) is 2. The summed E-state index contributed by atoms with van der Waals surface area (Å²) < 4.78 is 23.1. The zero-order valence-electron chi connectivity index (χ0n) is 10.7. The fourth-order valence-electron chi connectivity index (χ4n) is 1.67. The van der Waals surface area contributed by atoms with Crippen LogP contribution in [0.25, 0.3) is 0 Å². The second-order valence-corrected chi connectivity index (χ2v) is 5.88. The van der Waals surface area contributed by atoms with Crippen molar-refractivity contribution < 1.29 is 13.2 Å². The summed E-state index contributed by atoms with van der Waals surface area (Å²) in [7, 11) is -1.70. The lowest BCUT2D eigenvalue weighted by Crippen LogP contribution is -2.28. The first-order valence-electron chi connectivity index (χ1n) is 5.51. The van der Waals surface area contributed by atoms with Gasteiger partial charge >= 0.3 is 0 Å². The van der Waals surface area contributed by atoms with Crippen LogP contribution in [0.1, 0.15) is 28.2 Å². The van der Waals surface area contributed by atoms with Gasteiger partial charge in [0.2, 0.25) is 10.0 Å². The molecule has 1 aromatic rings. The van der Waals surface area contributed by atoms with E-state index >= 15 is 0 Å². The van der Waals surface area contributed by atoms with E-state index in [0.717, 1.165) is 5.69 Å². The monoisotopic (exact) mass is 274 g/mol. The molecule has 0 saturated heterocycles. The van der Waals surface area contributed by atoms with E-state index < -0.39 is 10.0 Å². The van der Waals surface area contributed by atoms with Gasteiger partial charge in [0.1, 0.15) is 0 Å². The molecule has 18 heavy (non-hydrogen) atoms. The number of carbonyl (C=O) groups is 1. The van der Waals surface area contributed by atoms with Crippen molar-refractivity contribution in [3.8, 4) is 0 Å². The lowest BCUT2D eigenvalue weighted by molar-refractivity contribution is 0.0952. The van der Waals surface area contributed by atoms with Crippen molar-refractivity contribution in [3.63, 3.8) is 0 Å². The molecule has 0 aliphatic carbocycles. The van der Waals surface area contributed by atoms with Crippen LogP contribution in [-0.2, 0) is 17.1 Å². The van der Waals surface area contributed by atoms with Gasteiger partial charge in [0, 0.05) is 19.3 Å². The first kappa shape index (κ1) is 14.7. The number of sulfonamides is 1. The number of rotatable bonds is 5. The van der Waals surface area contributed by atoms with Crippen LogP contribution in [0.3, 0.4) is 0 Å². The van der Waals surface area contributed by atoms with Crippen LogP contribution < -0.4 is 10.5 Å². The van der Waals surface area contributed by atoms with E-state index in [4.69, 9.17) is 5.14 Å². The predicted molar refractivity (Wildman–Crippen MR) is 67.6 cm³/mol. The molecule has 0 bridgehead atoms. The molecule has 1 aromatic heterocycles. The van der Waals surface area contributed by atoms with Crippen molar-refractivity contribution in [2.75, 3.05) is 12.3 Å². The fourth-order valence-corrected chi connectivity index (χ4v) is 2.21. The van der Waals surface area contributed by atoms with Crippen LogP contribution in [0.4, 0.5) is 0 Å². The molecule has 3 N–H and O–H groups in total. The van der Waals surface area contributed by atoms with Crippen molar-refractivity contribution in [2.24, 2.45) is 12.2 Å². The molecule has 1 heterocycles. The molecule has 1 amide bonds. The van der Waals surface area contributed by atoms with Gasteiger partial charge in [0.25, 0.3) is 5.91 Å². The largest absolute Gasteiger partial charge is 0.352 e. The van der Waals surface area contributed by atoms with Gasteiger partial charge in [-0.2, -0.15) is 5.10 Å². The van der Waals surface area contributed by atoms with Gasteiger partial charge < -0.3 is 5.32 Å². The summed E-state index contributed by atoms with van der Waals surface area (Å²) in [6, 6.07) is 0. The maximum absolute atomic E-state index is 11.9. The van der Waals surface area contributed by atoms with Gasteiger partial charge in [0.05, 0.1) is 17.0 Å². The topological polar surface area (TPSA) is 107 Å². The number of amides is 1. The predicted octanol–water partition coefficient (Wildman–Crippen LogP) is -0.555. The van der Waals surface area contributed by atoms with Crippen LogP contribution in [0.5, 0.6) is 0 Å². The van der Waals surface area contributed by atoms with Gasteiger partial charge in [-0.05, 0) is 20.3 Å². The molecule has 0 aliphatic heterocycles. The number of primary sulfonamides is 1. The summed E-state index contributed by atoms with van der Waals surface area (Å²) >= 11 is 0. The molecule has 0 saturated carbocycles. The van der Waals surface area contributed by atoms with Crippen LogP contribution in [0, 0.1) is 13.8 Å². The molecule has 0 unspecified atom stereocenters. The highest BCUT2D eigenvalue weighted by atomic mass is 32.2. The summed E-state index contributed by atoms with van der Waals surface area (Å²) in [4.78, 5) is 11.9. The molecular formula is C10H18N4O3S. The summed E-state index contributed by atoms with van der Waals surface area (Å²) in [6.07, 6.45) is 0.295. The highest BCUT2D eigenvalue weighted by Crippen LogP contribution is 2.11. The van der Waals surface area contributed by atoms with Gasteiger partial charge in [0.15, 0.2) is 0 Å². The third kappa shape index (κ3) is 3.81. The minimum Gasteiger partial charge on any atom is -0.352 e. The zero-order valence-corrected chi connectivity index (χ0v) is 11.5. The summed E-state index contributed by atoms with van der Waals surface area (Å²) in [5.41, 5.74) is 1.96. The van der Waals surface area contributed by atoms with Crippen LogP contribution in [0.2, 0.25) is 0 Å². The number of carbonyl (C=O) groups excluding carboxylic acids is 1. The molecule has 0 fully saturated rings. The summed E-state index contributed by atoms with van der Waals surface area (Å²) in [6.45, 7) is 3.83. The Morgan fingerprint density at radius 1 is 1.44 bits per heavy atom. The Bertz CT molecular complexity index is 548. The number of hydrogen-bond acceptors (Lipinski definition) is 4. The third-order valence-corrected chi connectivity index (χ3v) is 3.48. The summed E-state index contributed by atoms with van der Waals surface area (Å²) in [5, 5.41) is 11.7. The van der Waals surface area contributed by atoms with E-state index in [1.807, 2.05) is 0 Å². The van der Waals surface area contributed by atoms with E-state index in [1.54, 1.807) is 25.6 Å². The highest BCUT2D eigenvalue weighted by molar-refractivity contribution is 7.89. The fraction of sp³-hybridized carbons (Fsp3) is 0.600. The normalized spacial score (nSPS) is 11.6. The van der Waals surface area contributed by atoms with E-state index in [2.05, 4.69) is 10.4 Å². The van der Waals surface area contributed by atoms with E-state index in [-0.39, 0.29) is 18.2 Å². The van der Waals surface area contributed by atoms with Crippen molar-refractivity contribution in [2.45, 2.75) is 20.3 Å². The van der Waals surface area contributed by atoms with Crippen molar-refractivity contribution in [3.05, 3.63) is 17.0 Å². The van der Waals surface area contributed by atoms with E-state index in [1.165, 1.54) is 0 Å². The molecule has 1 rings (SSSR count). The minimum atomic E-state index is -3.47. The smallest absolute Gasteiger partial charge is 0.255 e. The average molecular weight is 274 g/mol. The number of aryl methyl sites for hydroxylation is 2. The second-order valence-electron chi connectivity index (χ2n) is 4.15. The zero-order chi connectivity index (χ0) is 13.9. The lowest BCUT2D eigenvalue weighted by Gasteiger charge is -2.05. The average Bonchev–Trinajstić information content (AvgIpc) is 2.47. The summed E-state index contributed by atoms with van der Waals surface area (Å²) in [5.74, 6) is -0.384. The van der Waals surface area contributed by atoms with Gasteiger partial charge in [-0.1, -0.05) is 0 Å². The van der Waals surface area contributed by atoms with Gasteiger partial charge in [-0.15, -0.1) is 0 Å². The molecule has 0 aliphatic rings. The Morgan fingerprint density at radius 3 is 2.50 bits per heavy atom. The van der Waals surface area contributed by atoms with E-state index in [0.29, 0.717) is 17.7 Å². The molecule has 0 spiro atoms. The Labute approximate surface area is 106 Å². The first-order chi connectivity index (χ1) is 8.22.